The number of carboxylic acid groups (broad SMARTS) is 1. The van der Waals surface area contributed by atoms with Gasteiger partial charge in [-0.15, -0.1) is 0 Å². The van der Waals surface area contributed by atoms with Crippen molar-refractivity contribution in [2.45, 2.75) is 26.2 Å². The standard InChI is InChI=1S/C15H19NO4/c1-10-3-6-13(20-2)12(9-10)16(8-7-14(17)18)15(19)11-4-5-11/h3,6,9,11H,4-5,7-8H2,1-2H3,(H,17,18). The van der Waals surface area contributed by atoms with E-state index in [1.165, 1.54) is 0 Å². The molecule has 1 aromatic carbocycles. The molecular formula is C15H19NO4. The van der Waals surface area contributed by atoms with Gasteiger partial charge in [0.15, 0.2) is 0 Å². The molecule has 1 saturated carbocycles. The Morgan fingerprint density at radius 3 is 2.65 bits per heavy atom. The lowest BCUT2D eigenvalue weighted by Gasteiger charge is -2.24. The molecule has 1 fully saturated rings. The van der Waals surface area contributed by atoms with Gasteiger partial charge >= 0.3 is 5.97 Å². The Bertz CT molecular complexity index is 523. The topological polar surface area (TPSA) is 66.8 Å². The fourth-order valence-corrected chi connectivity index (χ4v) is 2.12. The Morgan fingerprint density at radius 2 is 2.10 bits per heavy atom. The maximum Gasteiger partial charge on any atom is 0.305 e. The van der Waals surface area contributed by atoms with Crippen molar-refractivity contribution in [3.63, 3.8) is 0 Å². The maximum atomic E-state index is 12.4. The number of methoxy groups -OCH3 is 1. The SMILES string of the molecule is COc1ccc(C)cc1N(CCC(=O)O)C(=O)C1CC1. The summed E-state index contributed by atoms with van der Waals surface area (Å²) in [5.41, 5.74) is 1.66. The molecule has 20 heavy (non-hydrogen) atoms. The lowest BCUT2D eigenvalue weighted by molar-refractivity contribution is -0.136. The average molecular weight is 277 g/mol. The number of carboxylic acids is 1. The van der Waals surface area contributed by atoms with Gasteiger partial charge in [0.05, 0.1) is 19.2 Å². The predicted molar refractivity (Wildman–Crippen MR) is 75.1 cm³/mol. The summed E-state index contributed by atoms with van der Waals surface area (Å²) in [5.74, 6) is -0.288. The minimum absolute atomic E-state index is 0.00449. The number of aliphatic carboxylic acids is 1. The summed E-state index contributed by atoms with van der Waals surface area (Å²) < 4.78 is 5.30. The molecule has 5 nitrogen and oxygen atoms in total. The Labute approximate surface area is 118 Å². The molecule has 0 saturated heterocycles. The average Bonchev–Trinajstić information content (AvgIpc) is 3.23. The van der Waals surface area contributed by atoms with Gasteiger partial charge in [-0.2, -0.15) is 0 Å². The molecule has 0 spiro atoms. The lowest BCUT2D eigenvalue weighted by Crippen LogP contribution is -2.34. The van der Waals surface area contributed by atoms with Gasteiger partial charge in [0.1, 0.15) is 5.75 Å². The Kier molecular flexibility index (Phi) is 4.27. The van der Waals surface area contributed by atoms with E-state index in [9.17, 15) is 9.59 Å². The number of hydrogen-bond donors (Lipinski definition) is 1. The normalized spacial score (nSPS) is 13.9. The summed E-state index contributed by atoms with van der Waals surface area (Å²) in [5, 5.41) is 8.86. The molecule has 0 unspecified atom stereocenters. The van der Waals surface area contributed by atoms with Crippen LogP contribution in [0.25, 0.3) is 0 Å². The highest BCUT2D eigenvalue weighted by Gasteiger charge is 2.35. The van der Waals surface area contributed by atoms with Crippen molar-refractivity contribution >= 4 is 17.6 Å². The third-order valence-electron chi connectivity index (χ3n) is 3.37. The fraction of sp³-hybridized carbons (Fsp3) is 0.467. The second-order valence-electron chi connectivity index (χ2n) is 5.08. The summed E-state index contributed by atoms with van der Waals surface area (Å²) in [7, 11) is 1.55. The van der Waals surface area contributed by atoms with E-state index in [2.05, 4.69) is 0 Å². The first-order valence-corrected chi connectivity index (χ1v) is 6.70. The van der Waals surface area contributed by atoms with E-state index in [1.54, 1.807) is 18.1 Å². The lowest BCUT2D eigenvalue weighted by atomic mass is 10.1. The van der Waals surface area contributed by atoms with Crippen LogP contribution < -0.4 is 9.64 Å². The van der Waals surface area contributed by atoms with Crippen LogP contribution in [0.4, 0.5) is 5.69 Å². The van der Waals surface area contributed by atoms with E-state index in [-0.39, 0.29) is 24.8 Å². The number of carbonyl (C=O) groups excluding carboxylic acids is 1. The van der Waals surface area contributed by atoms with Crippen LogP contribution in [0, 0.1) is 12.8 Å². The third-order valence-corrected chi connectivity index (χ3v) is 3.37. The Balaban J connectivity index is 2.31. The number of ether oxygens (including phenoxy) is 1. The number of nitrogens with zero attached hydrogens (tertiary/aromatic N) is 1. The number of anilines is 1. The van der Waals surface area contributed by atoms with Gasteiger partial charge in [-0.05, 0) is 37.5 Å². The van der Waals surface area contributed by atoms with Crippen LogP contribution in [0.1, 0.15) is 24.8 Å². The molecule has 1 aromatic rings. The van der Waals surface area contributed by atoms with Gasteiger partial charge in [0, 0.05) is 12.5 Å². The molecule has 0 atom stereocenters. The highest BCUT2D eigenvalue weighted by molar-refractivity contribution is 5.98. The fourth-order valence-electron chi connectivity index (χ4n) is 2.12. The van der Waals surface area contributed by atoms with Crippen molar-refractivity contribution in [2.24, 2.45) is 5.92 Å². The monoisotopic (exact) mass is 277 g/mol. The molecule has 2 rings (SSSR count). The first-order valence-electron chi connectivity index (χ1n) is 6.70. The number of hydrogen-bond acceptors (Lipinski definition) is 3. The van der Waals surface area contributed by atoms with Gasteiger partial charge in [-0.1, -0.05) is 6.07 Å². The van der Waals surface area contributed by atoms with Crippen LogP contribution >= 0.6 is 0 Å². The Morgan fingerprint density at radius 1 is 1.40 bits per heavy atom. The van der Waals surface area contributed by atoms with E-state index >= 15 is 0 Å². The summed E-state index contributed by atoms with van der Waals surface area (Å²) in [6.07, 6.45) is 1.70. The van der Waals surface area contributed by atoms with E-state index < -0.39 is 5.97 Å². The number of amides is 1. The minimum atomic E-state index is -0.912. The van der Waals surface area contributed by atoms with E-state index in [4.69, 9.17) is 9.84 Å². The van der Waals surface area contributed by atoms with E-state index in [0.29, 0.717) is 11.4 Å². The van der Waals surface area contributed by atoms with Crippen LogP contribution in [-0.2, 0) is 9.59 Å². The van der Waals surface area contributed by atoms with Crippen molar-refractivity contribution in [2.75, 3.05) is 18.6 Å². The highest BCUT2D eigenvalue weighted by atomic mass is 16.5. The van der Waals surface area contributed by atoms with Crippen LogP contribution in [0.3, 0.4) is 0 Å². The predicted octanol–water partition coefficient (Wildman–Crippen LogP) is 2.22. The third kappa shape index (κ3) is 3.29. The zero-order valence-corrected chi connectivity index (χ0v) is 11.8. The first-order chi connectivity index (χ1) is 9.52. The smallest absolute Gasteiger partial charge is 0.305 e. The number of benzene rings is 1. The van der Waals surface area contributed by atoms with Crippen molar-refractivity contribution < 1.29 is 19.4 Å². The summed E-state index contributed by atoms with van der Waals surface area (Å²) in [4.78, 5) is 24.7. The maximum absolute atomic E-state index is 12.4. The van der Waals surface area contributed by atoms with Gasteiger partial charge in [0.25, 0.3) is 0 Å². The number of carbonyl (C=O) groups is 2. The molecular weight excluding hydrogens is 258 g/mol. The molecule has 1 amide bonds. The van der Waals surface area contributed by atoms with Gasteiger partial charge in [0.2, 0.25) is 5.91 Å². The molecule has 5 heteroatoms. The van der Waals surface area contributed by atoms with Gasteiger partial charge < -0.3 is 14.7 Å². The van der Waals surface area contributed by atoms with Crippen LogP contribution in [0.5, 0.6) is 5.75 Å². The molecule has 0 heterocycles. The Hall–Kier alpha value is -2.04. The second-order valence-corrected chi connectivity index (χ2v) is 5.08. The quantitative estimate of drug-likeness (QED) is 0.865. The molecule has 0 bridgehead atoms. The first kappa shape index (κ1) is 14.4. The number of aryl methyl sites for hydroxylation is 1. The number of rotatable bonds is 6. The van der Waals surface area contributed by atoms with Gasteiger partial charge in [-0.25, -0.2) is 0 Å². The van der Waals surface area contributed by atoms with Crippen molar-refractivity contribution in [1.82, 2.24) is 0 Å². The molecule has 108 valence electrons. The summed E-state index contributed by atoms with van der Waals surface area (Å²) in [6, 6.07) is 5.57. The van der Waals surface area contributed by atoms with Gasteiger partial charge in [-0.3, -0.25) is 9.59 Å². The zero-order valence-electron chi connectivity index (χ0n) is 11.8. The molecule has 1 N–H and O–H groups in total. The molecule has 1 aliphatic carbocycles. The molecule has 1 aliphatic rings. The summed E-state index contributed by atoms with van der Waals surface area (Å²) in [6.45, 7) is 2.10. The van der Waals surface area contributed by atoms with E-state index in [0.717, 1.165) is 18.4 Å². The van der Waals surface area contributed by atoms with Crippen LogP contribution in [0.15, 0.2) is 18.2 Å². The zero-order chi connectivity index (χ0) is 14.7. The largest absolute Gasteiger partial charge is 0.495 e. The second kappa shape index (κ2) is 5.94. The van der Waals surface area contributed by atoms with Crippen LogP contribution in [-0.4, -0.2) is 30.6 Å². The molecule has 0 radical (unpaired) electrons. The van der Waals surface area contributed by atoms with Crippen molar-refractivity contribution in [1.29, 1.82) is 0 Å². The highest BCUT2D eigenvalue weighted by Crippen LogP contribution is 2.36. The minimum Gasteiger partial charge on any atom is -0.495 e. The summed E-state index contributed by atoms with van der Waals surface area (Å²) >= 11 is 0. The molecule has 0 aliphatic heterocycles. The molecule has 0 aromatic heterocycles. The van der Waals surface area contributed by atoms with E-state index in [1.807, 2.05) is 19.1 Å². The van der Waals surface area contributed by atoms with Crippen molar-refractivity contribution in [3.05, 3.63) is 23.8 Å². The van der Waals surface area contributed by atoms with Crippen LogP contribution in [0.2, 0.25) is 0 Å². The van der Waals surface area contributed by atoms with Crippen molar-refractivity contribution in [3.8, 4) is 5.75 Å².